The van der Waals surface area contributed by atoms with Crippen molar-refractivity contribution in [3.63, 3.8) is 0 Å². The molecule has 4 heteroatoms. The van der Waals surface area contributed by atoms with Crippen molar-refractivity contribution in [3.8, 4) is 0 Å². The van der Waals surface area contributed by atoms with Crippen LogP contribution in [0, 0.1) is 0 Å². The Labute approximate surface area is 97.5 Å². The summed E-state index contributed by atoms with van der Waals surface area (Å²) >= 11 is -0.557. The molecule has 0 atom stereocenters. The van der Waals surface area contributed by atoms with Gasteiger partial charge >= 0.3 is 97.3 Å². The van der Waals surface area contributed by atoms with Gasteiger partial charge in [0.15, 0.2) is 0 Å². The molecule has 1 fully saturated rings. The molecule has 0 unspecified atom stereocenters. The van der Waals surface area contributed by atoms with E-state index in [4.69, 9.17) is 7.53 Å². The Hall–Kier alpha value is -0.357. The van der Waals surface area contributed by atoms with Crippen LogP contribution in [0.15, 0.2) is 30.3 Å². The van der Waals surface area contributed by atoms with Gasteiger partial charge in [0.25, 0.3) is 0 Å². The molecule has 0 N–H and O–H groups in total. The fourth-order valence-corrected chi connectivity index (χ4v) is 2.49. The Bertz CT molecular complexity index is 273. The van der Waals surface area contributed by atoms with E-state index < -0.39 is 16.1 Å². The van der Waals surface area contributed by atoms with Crippen molar-refractivity contribution < 1.29 is 7.53 Å². The Kier molecular flexibility index (Phi) is 4.66. The molecule has 15 heavy (non-hydrogen) atoms. The van der Waals surface area contributed by atoms with Crippen LogP contribution in [0.4, 0.5) is 0 Å². The van der Waals surface area contributed by atoms with Crippen LogP contribution in [0.25, 0.3) is 0 Å². The van der Waals surface area contributed by atoms with E-state index in [9.17, 15) is 0 Å². The first-order valence-electron chi connectivity index (χ1n) is 5.20. The summed E-state index contributed by atoms with van der Waals surface area (Å²) in [6, 6.07) is 10.5. The van der Waals surface area contributed by atoms with Gasteiger partial charge in [-0.2, -0.15) is 0 Å². The molecule has 1 aromatic rings. The standard InChI is InChI=1S/C11H15GeNO2/c1-2-4-11(5-3-1)10-13-6-8-14-12-15-9-7-13/h1-5H,6-10H2. The number of hydrogen-bond acceptors (Lipinski definition) is 3. The predicted molar refractivity (Wildman–Crippen MR) is 59.4 cm³/mol. The summed E-state index contributed by atoms with van der Waals surface area (Å²) in [5, 5.41) is 0. The van der Waals surface area contributed by atoms with Crippen LogP contribution in [0.5, 0.6) is 0 Å². The van der Waals surface area contributed by atoms with Crippen LogP contribution in [0.1, 0.15) is 5.56 Å². The van der Waals surface area contributed by atoms with E-state index in [0.717, 1.165) is 32.8 Å². The van der Waals surface area contributed by atoms with E-state index in [-0.39, 0.29) is 0 Å². The van der Waals surface area contributed by atoms with Crippen LogP contribution < -0.4 is 0 Å². The van der Waals surface area contributed by atoms with Gasteiger partial charge in [0.2, 0.25) is 0 Å². The third kappa shape index (κ3) is 3.95. The number of benzene rings is 1. The maximum absolute atomic E-state index is 5.40. The molecule has 0 spiro atoms. The van der Waals surface area contributed by atoms with Crippen molar-refractivity contribution in [3.05, 3.63) is 35.9 Å². The zero-order valence-corrected chi connectivity index (χ0v) is 10.8. The van der Waals surface area contributed by atoms with Crippen molar-refractivity contribution in [2.24, 2.45) is 0 Å². The van der Waals surface area contributed by atoms with Gasteiger partial charge in [0, 0.05) is 0 Å². The van der Waals surface area contributed by atoms with Gasteiger partial charge in [0.05, 0.1) is 0 Å². The zero-order chi connectivity index (χ0) is 10.3. The van der Waals surface area contributed by atoms with Crippen LogP contribution in [-0.4, -0.2) is 47.3 Å². The molecular formula is C11H15GeNO2. The molecule has 0 aliphatic carbocycles. The van der Waals surface area contributed by atoms with E-state index in [2.05, 4.69) is 29.2 Å². The van der Waals surface area contributed by atoms with Crippen molar-refractivity contribution in [2.45, 2.75) is 6.54 Å². The van der Waals surface area contributed by atoms with Gasteiger partial charge in [-0.15, -0.1) is 0 Å². The molecule has 1 saturated heterocycles. The first-order valence-corrected chi connectivity index (χ1v) is 6.91. The van der Waals surface area contributed by atoms with Crippen LogP contribution in [0.2, 0.25) is 0 Å². The van der Waals surface area contributed by atoms with Gasteiger partial charge in [-0.25, -0.2) is 0 Å². The third-order valence-electron chi connectivity index (χ3n) is 2.39. The molecule has 1 heterocycles. The molecule has 80 valence electrons. The second kappa shape index (κ2) is 6.27. The quantitative estimate of drug-likeness (QED) is 0.747. The van der Waals surface area contributed by atoms with Crippen LogP contribution in [0.3, 0.4) is 0 Å². The summed E-state index contributed by atoms with van der Waals surface area (Å²) in [6.07, 6.45) is 0. The van der Waals surface area contributed by atoms with E-state index in [1.165, 1.54) is 5.56 Å². The topological polar surface area (TPSA) is 21.7 Å². The van der Waals surface area contributed by atoms with E-state index in [1.54, 1.807) is 0 Å². The summed E-state index contributed by atoms with van der Waals surface area (Å²) in [7, 11) is 0. The molecule has 1 aliphatic rings. The van der Waals surface area contributed by atoms with Crippen molar-refractivity contribution in [1.82, 2.24) is 4.90 Å². The zero-order valence-electron chi connectivity index (χ0n) is 8.69. The summed E-state index contributed by atoms with van der Waals surface area (Å²) in [6.45, 7) is 4.65. The molecule has 2 rings (SSSR count). The average molecular weight is 266 g/mol. The first kappa shape index (κ1) is 11.1. The second-order valence-electron chi connectivity index (χ2n) is 3.54. The van der Waals surface area contributed by atoms with E-state index >= 15 is 0 Å². The van der Waals surface area contributed by atoms with Crippen molar-refractivity contribution in [2.75, 3.05) is 26.3 Å². The fourth-order valence-electron chi connectivity index (χ4n) is 1.59. The van der Waals surface area contributed by atoms with Crippen LogP contribution in [-0.2, 0) is 14.1 Å². The monoisotopic (exact) mass is 267 g/mol. The van der Waals surface area contributed by atoms with Gasteiger partial charge in [-0.3, -0.25) is 0 Å². The molecule has 0 bridgehead atoms. The third-order valence-corrected chi connectivity index (χ3v) is 3.74. The number of nitrogens with zero attached hydrogens (tertiary/aromatic N) is 1. The molecule has 0 saturated carbocycles. The summed E-state index contributed by atoms with van der Waals surface area (Å²) in [5.74, 6) is 0. The fraction of sp³-hybridized carbons (Fsp3) is 0.455. The molecule has 2 radical (unpaired) electrons. The molecule has 3 nitrogen and oxygen atoms in total. The van der Waals surface area contributed by atoms with Gasteiger partial charge < -0.3 is 0 Å². The predicted octanol–water partition coefficient (Wildman–Crippen LogP) is 1.07. The summed E-state index contributed by atoms with van der Waals surface area (Å²) in [5.41, 5.74) is 1.36. The molecule has 1 aromatic carbocycles. The van der Waals surface area contributed by atoms with E-state index in [1.807, 2.05) is 6.07 Å². The molecular weight excluding hydrogens is 251 g/mol. The van der Waals surface area contributed by atoms with Crippen LogP contribution >= 0.6 is 0 Å². The van der Waals surface area contributed by atoms with Gasteiger partial charge in [-0.1, -0.05) is 0 Å². The van der Waals surface area contributed by atoms with Gasteiger partial charge in [-0.05, 0) is 0 Å². The summed E-state index contributed by atoms with van der Waals surface area (Å²) < 4.78 is 10.8. The average Bonchev–Trinajstić information content (AvgIpc) is 2.23. The Morgan fingerprint density at radius 1 is 1.07 bits per heavy atom. The molecule has 1 aliphatic heterocycles. The van der Waals surface area contributed by atoms with Crippen molar-refractivity contribution in [1.29, 1.82) is 0 Å². The second-order valence-corrected chi connectivity index (χ2v) is 5.10. The maximum atomic E-state index is 5.40. The Balaban J connectivity index is 1.86. The minimum absolute atomic E-state index is 0.557. The SMILES string of the molecule is c1ccc(CN2CC[O][Ge][O]CC2)cc1. The Morgan fingerprint density at radius 2 is 1.73 bits per heavy atom. The van der Waals surface area contributed by atoms with Gasteiger partial charge in [0.1, 0.15) is 0 Å². The first-order chi connectivity index (χ1) is 7.45. The minimum atomic E-state index is -0.557. The summed E-state index contributed by atoms with van der Waals surface area (Å²) in [4.78, 5) is 2.38. The normalized spacial score (nSPS) is 19.5. The molecule has 0 aromatic heterocycles. The molecule has 0 amide bonds. The number of rotatable bonds is 2. The van der Waals surface area contributed by atoms with Crippen molar-refractivity contribution >= 4 is 16.1 Å². The van der Waals surface area contributed by atoms with E-state index in [0.29, 0.717) is 0 Å². The Morgan fingerprint density at radius 3 is 2.40 bits per heavy atom. The number of hydrogen-bond donors (Lipinski definition) is 0.